The van der Waals surface area contributed by atoms with Gasteiger partial charge >= 0.3 is 0 Å². The fraction of sp³-hybridized carbons (Fsp3) is 0.600. The summed E-state index contributed by atoms with van der Waals surface area (Å²) in [5.41, 5.74) is 3.49. The van der Waals surface area contributed by atoms with Crippen LogP contribution in [0.5, 0.6) is 0 Å². The minimum atomic E-state index is 0.351. The maximum absolute atomic E-state index is 4.80. The molecule has 0 aromatic carbocycles. The third-order valence-electron chi connectivity index (χ3n) is 3.37. The zero-order valence-corrected chi connectivity index (χ0v) is 12.8. The molecule has 2 aromatic rings. The van der Waals surface area contributed by atoms with E-state index in [1.54, 1.807) is 0 Å². The molecule has 0 unspecified atom stereocenters. The molecule has 2 rings (SSSR count). The Morgan fingerprint density at radius 3 is 2.37 bits per heavy atom. The number of hydrogen-bond acceptors (Lipinski definition) is 3. The van der Waals surface area contributed by atoms with Crippen LogP contribution in [0.25, 0.3) is 11.0 Å². The molecular weight excluding hydrogens is 236 g/mol. The largest absolute Gasteiger partial charge is 0.335 e. The summed E-state index contributed by atoms with van der Waals surface area (Å²) in [5, 5.41) is 4.44. The maximum Gasteiger partial charge on any atom is 0.144 e. The highest BCUT2D eigenvalue weighted by Gasteiger charge is 2.18. The van der Waals surface area contributed by atoms with Crippen LogP contribution in [0.3, 0.4) is 0 Å². The minimum absolute atomic E-state index is 0.351. The van der Waals surface area contributed by atoms with Crippen molar-refractivity contribution in [2.24, 2.45) is 7.05 Å². The lowest BCUT2D eigenvalue weighted by Crippen LogP contribution is -2.08. The highest BCUT2D eigenvalue weighted by molar-refractivity contribution is 5.83. The first-order chi connectivity index (χ1) is 8.95. The van der Waals surface area contributed by atoms with E-state index < -0.39 is 0 Å². The summed E-state index contributed by atoms with van der Waals surface area (Å²) in [5.74, 6) is 1.69. The average molecular weight is 260 g/mol. The number of aryl methyl sites for hydroxylation is 1. The molecule has 0 bridgehead atoms. The molecule has 4 nitrogen and oxygen atoms in total. The van der Waals surface area contributed by atoms with E-state index in [1.165, 1.54) is 16.6 Å². The van der Waals surface area contributed by atoms with Gasteiger partial charge in [-0.25, -0.2) is 9.97 Å². The highest BCUT2D eigenvalue weighted by atomic mass is 15.0. The van der Waals surface area contributed by atoms with Crippen LogP contribution in [0, 0.1) is 0 Å². The number of rotatable bonds is 4. The van der Waals surface area contributed by atoms with Crippen molar-refractivity contribution in [3.05, 3.63) is 23.3 Å². The molecule has 0 saturated heterocycles. The maximum atomic E-state index is 4.80. The summed E-state index contributed by atoms with van der Waals surface area (Å²) in [4.78, 5) is 9.55. The summed E-state index contributed by atoms with van der Waals surface area (Å²) in [6.45, 7) is 9.52. The monoisotopic (exact) mass is 260 g/mol. The number of aromatic nitrogens is 3. The first-order valence-electron chi connectivity index (χ1n) is 6.96. The van der Waals surface area contributed by atoms with Gasteiger partial charge in [-0.1, -0.05) is 27.7 Å². The number of fused-ring (bicyclic) bond motifs is 1. The second-order valence-electron chi connectivity index (χ2n) is 5.77. The second kappa shape index (κ2) is 5.29. The van der Waals surface area contributed by atoms with E-state index in [9.17, 15) is 0 Å². The van der Waals surface area contributed by atoms with Gasteiger partial charge in [-0.15, -0.1) is 0 Å². The quantitative estimate of drug-likeness (QED) is 0.919. The molecule has 2 aromatic heterocycles. The van der Waals surface area contributed by atoms with Gasteiger partial charge in [-0.3, -0.25) is 0 Å². The van der Waals surface area contributed by atoms with Crippen molar-refractivity contribution in [3.8, 4) is 0 Å². The summed E-state index contributed by atoms with van der Waals surface area (Å²) < 4.78 is 2.11. The predicted octanol–water partition coefficient (Wildman–Crippen LogP) is 2.93. The minimum Gasteiger partial charge on any atom is -0.335 e. The SMILES string of the molecule is CNCc1cn(C)c2nc(C(C)C)nc(C(C)C)c12. The first kappa shape index (κ1) is 14.0. The Morgan fingerprint density at radius 1 is 1.16 bits per heavy atom. The molecule has 19 heavy (non-hydrogen) atoms. The Balaban J connectivity index is 2.77. The van der Waals surface area contributed by atoms with Crippen molar-refractivity contribution in [3.63, 3.8) is 0 Å². The van der Waals surface area contributed by atoms with Crippen LogP contribution in [0.1, 0.15) is 56.6 Å². The van der Waals surface area contributed by atoms with Gasteiger partial charge in [0.15, 0.2) is 0 Å². The fourth-order valence-electron chi connectivity index (χ4n) is 2.41. The molecule has 4 heteroatoms. The van der Waals surface area contributed by atoms with E-state index in [2.05, 4.69) is 50.8 Å². The molecule has 2 heterocycles. The van der Waals surface area contributed by atoms with Crippen LogP contribution < -0.4 is 5.32 Å². The molecule has 0 aliphatic heterocycles. The lowest BCUT2D eigenvalue weighted by atomic mass is 10.0. The highest BCUT2D eigenvalue weighted by Crippen LogP contribution is 2.28. The zero-order valence-electron chi connectivity index (χ0n) is 12.8. The van der Waals surface area contributed by atoms with Crippen LogP contribution in [-0.4, -0.2) is 21.6 Å². The molecule has 0 fully saturated rings. The van der Waals surface area contributed by atoms with Crippen molar-refractivity contribution in [2.75, 3.05) is 7.05 Å². The van der Waals surface area contributed by atoms with Gasteiger partial charge in [0.1, 0.15) is 11.5 Å². The van der Waals surface area contributed by atoms with Gasteiger partial charge in [0.2, 0.25) is 0 Å². The summed E-state index contributed by atoms with van der Waals surface area (Å²) >= 11 is 0. The van der Waals surface area contributed by atoms with Crippen LogP contribution >= 0.6 is 0 Å². The van der Waals surface area contributed by atoms with Crippen molar-refractivity contribution >= 4 is 11.0 Å². The fourth-order valence-corrected chi connectivity index (χ4v) is 2.41. The molecule has 0 aliphatic rings. The normalized spacial score (nSPS) is 12.0. The van der Waals surface area contributed by atoms with Gasteiger partial charge in [0, 0.05) is 31.1 Å². The third kappa shape index (κ3) is 2.50. The van der Waals surface area contributed by atoms with Crippen molar-refractivity contribution in [1.29, 1.82) is 0 Å². The molecule has 0 saturated carbocycles. The lowest BCUT2D eigenvalue weighted by molar-refractivity contribution is 0.737. The van der Waals surface area contributed by atoms with Gasteiger partial charge in [-0.05, 0) is 18.5 Å². The Labute approximate surface area is 115 Å². The number of nitrogens with one attached hydrogen (secondary N) is 1. The Morgan fingerprint density at radius 2 is 1.84 bits per heavy atom. The molecule has 1 N–H and O–H groups in total. The molecule has 0 atom stereocenters. The third-order valence-corrected chi connectivity index (χ3v) is 3.37. The first-order valence-corrected chi connectivity index (χ1v) is 6.96. The van der Waals surface area contributed by atoms with Gasteiger partial charge in [-0.2, -0.15) is 0 Å². The van der Waals surface area contributed by atoms with E-state index in [4.69, 9.17) is 9.97 Å². The Bertz CT molecular complexity index is 581. The van der Waals surface area contributed by atoms with Crippen LogP contribution in [-0.2, 0) is 13.6 Å². The van der Waals surface area contributed by atoms with E-state index in [0.29, 0.717) is 11.8 Å². The standard InChI is InChI=1S/C15H24N4/c1-9(2)13-12-11(7-16-5)8-19(6)15(12)18-14(17-13)10(3)4/h8-10,16H,7H2,1-6H3. The predicted molar refractivity (Wildman–Crippen MR) is 79.5 cm³/mol. The van der Waals surface area contributed by atoms with E-state index in [-0.39, 0.29) is 0 Å². The molecule has 0 amide bonds. The Hall–Kier alpha value is -1.42. The van der Waals surface area contributed by atoms with Gasteiger partial charge < -0.3 is 9.88 Å². The van der Waals surface area contributed by atoms with Crippen LogP contribution in [0.4, 0.5) is 0 Å². The van der Waals surface area contributed by atoms with Crippen LogP contribution in [0.15, 0.2) is 6.20 Å². The zero-order chi connectivity index (χ0) is 14.2. The average Bonchev–Trinajstić information content (AvgIpc) is 2.66. The van der Waals surface area contributed by atoms with E-state index in [0.717, 1.165) is 18.0 Å². The summed E-state index contributed by atoms with van der Waals surface area (Å²) in [7, 11) is 4.03. The molecule has 104 valence electrons. The van der Waals surface area contributed by atoms with E-state index >= 15 is 0 Å². The van der Waals surface area contributed by atoms with Gasteiger partial charge in [0.05, 0.1) is 5.69 Å². The molecule has 0 aliphatic carbocycles. The van der Waals surface area contributed by atoms with Crippen molar-refractivity contribution in [1.82, 2.24) is 19.9 Å². The summed E-state index contributed by atoms with van der Waals surface area (Å²) in [6, 6.07) is 0. The molecule has 0 spiro atoms. The summed E-state index contributed by atoms with van der Waals surface area (Å²) in [6.07, 6.45) is 2.16. The second-order valence-corrected chi connectivity index (χ2v) is 5.77. The lowest BCUT2D eigenvalue weighted by Gasteiger charge is -2.12. The van der Waals surface area contributed by atoms with Gasteiger partial charge in [0.25, 0.3) is 0 Å². The molecule has 0 radical (unpaired) electrons. The topological polar surface area (TPSA) is 42.7 Å². The Kier molecular flexibility index (Phi) is 3.90. The van der Waals surface area contributed by atoms with Crippen molar-refractivity contribution in [2.45, 2.75) is 46.1 Å². The van der Waals surface area contributed by atoms with Crippen molar-refractivity contribution < 1.29 is 0 Å². The molecular formula is C15H24N4. The smallest absolute Gasteiger partial charge is 0.144 e. The van der Waals surface area contributed by atoms with Crippen LogP contribution in [0.2, 0.25) is 0 Å². The van der Waals surface area contributed by atoms with E-state index in [1.807, 2.05) is 7.05 Å². The number of hydrogen-bond donors (Lipinski definition) is 1. The number of nitrogens with zero attached hydrogens (tertiary/aromatic N) is 3.